The molecule has 3 rings (SSSR count). The molecule has 2 aromatic carbocycles. The Morgan fingerprint density at radius 1 is 0.931 bits per heavy atom. The van der Waals surface area contributed by atoms with Crippen molar-refractivity contribution in [2.45, 2.75) is 58.2 Å². The molecule has 0 saturated carbocycles. The van der Waals surface area contributed by atoms with Crippen molar-refractivity contribution >= 4 is 23.2 Å². The van der Waals surface area contributed by atoms with E-state index >= 15 is 0 Å². The zero-order valence-corrected chi connectivity index (χ0v) is 17.8. The number of Topliss-reactive ketones (excluding diaryl/α,β-unsaturated/α-hetero) is 2. The summed E-state index contributed by atoms with van der Waals surface area (Å²) >= 11 is 5.59. The molecule has 0 amide bonds. The van der Waals surface area contributed by atoms with Gasteiger partial charge in [0, 0.05) is 0 Å². The van der Waals surface area contributed by atoms with Gasteiger partial charge < -0.3 is 4.74 Å². The molecule has 1 aliphatic rings. The maximum Gasteiger partial charge on any atom is 0.179 e. The minimum Gasteiger partial charge on any atom is -0.354 e. The zero-order chi connectivity index (χ0) is 21.7. The first-order chi connectivity index (χ1) is 13.4. The van der Waals surface area contributed by atoms with E-state index in [0.717, 1.165) is 17.7 Å². The fraction of sp³-hybridized carbons (Fsp3) is 0.391. The average molecular weight is 421 g/mol. The molecule has 0 N–H and O–H groups in total. The standard InChI is InChI=1S/C23H23ClF2O3/c1-6-12-7-8-13(14-10-16(25)19(24)17(26)11-14)9-15(12)18-20(27)22(2,3)29-23(4,5)21(18)28/h7-11,18H,6H2,1-5H3. The van der Waals surface area contributed by atoms with Crippen LogP contribution in [-0.4, -0.2) is 22.8 Å². The number of hydrogen-bond acceptors (Lipinski definition) is 3. The van der Waals surface area contributed by atoms with Crippen molar-refractivity contribution in [2.75, 3.05) is 0 Å². The predicted octanol–water partition coefficient (Wildman–Crippen LogP) is 5.66. The topological polar surface area (TPSA) is 43.4 Å². The average Bonchev–Trinajstić information content (AvgIpc) is 2.63. The molecule has 3 nitrogen and oxygen atoms in total. The van der Waals surface area contributed by atoms with Crippen LogP contribution in [0.15, 0.2) is 30.3 Å². The third-order valence-corrected chi connectivity index (χ3v) is 5.74. The van der Waals surface area contributed by atoms with E-state index in [1.807, 2.05) is 6.92 Å². The molecule has 0 radical (unpaired) electrons. The van der Waals surface area contributed by atoms with Crippen molar-refractivity contribution in [3.63, 3.8) is 0 Å². The molecule has 6 heteroatoms. The first-order valence-corrected chi connectivity index (χ1v) is 9.83. The van der Waals surface area contributed by atoms with E-state index in [1.165, 1.54) is 0 Å². The van der Waals surface area contributed by atoms with Crippen molar-refractivity contribution in [1.82, 2.24) is 0 Å². The summed E-state index contributed by atoms with van der Waals surface area (Å²) in [5, 5.41) is -0.572. The van der Waals surface area contributed by atoms with Gasteiger partial charge in [-0.2, -0.15) is 0 Å². The summed E-state index contributed by atoms with van der Waals surface area (Å²) in [5.74, 6) is -3.42. The summed E-state index contributed by atoms with van der Waals surface area (Å²) in [6, 6.07) is 7.44. The lowest BCUT2D eigenvalue weighted by molar-refractivity contribution is -0.184. The second-order valence-electron chi connectivity index (χ2n) is 8.31. The molecule has 1 heterocycles. The van der Waals surface area contributed by atoms with Gasteiger partial charge in [-0.05, 0) is 74.6 Å². The molecule has 0 aliphatic carbocycles. The summed E-state index contributed by atoms with van der Waals surface area (Å²) in [6.07, 6.45) is 0.595. The van der Waals surface area contributed by atoms with Crippen LogP contribution in [-0.2, 0) is 20.7 Å². The highest BCUT2D eigenvalue weighted by Gasteiger charge is 2.53. The van der Waals surface area contributed by atoms with Crippen molar-refractivity contribution in [1.29, 1.82) is 0 Å². The number of hydrogen-bond donors (Lipinski definition) is 0. The van der Waals surface area contributed by atoms with Gasteiger partial charge in [0.05, 0.1) is 0 Å². The molecule has 154 valence electrons. The first kappa shape index (κ1) is 21.6. The lowest BCUT2D eigenvalue weighted by atomic mass is 9.73. The Morgan fingerprint density at radius 2 is 1.45 bits per heavy atom. The van der Waals surface area contributed by atoms with E-state index in [2.05, 4.69) is 0 Å². The number of aryl methyl sites for hydroxylation is 1. The molecule has 1 saturated heterocycles. The highest BCUT2D eigenvalue weighted by atomic mass is 35.5. The van der Waals surface area contributed by atoms with Gasteiger partial charge in [-0.1, -0.05) is 30.7 Å². The Bertz CT molecular complexity index is 962. The van der Waals surface area contributed by atoms with E-state index in [9.17, 15) is 18.4 Å². The number of halogens is 3. The van der Waals surface area contributed by atoms with Crippen LogP contribution in [0.25, 0.3) is 11.1 Å². The molecule has 1 fully saturated rings. The predicted molar refractivity (Wildman–Crippen MR) is 108 cm³/mol. The minimum absolute atomic E-state index is 0.277. The maximum atomic E-state index is 14.0. The van der Waals surface area contributed by atoms with E-state index in [-0.39, 0.29) is 17.1 Å². The Labute approximate surface area is 174 Å². The molecule has 0 spiro atoms. The SMILES string of the molecule is CCc1ccc(-c2cc(F)c(Cl)c(F)c2)cc1C1C(=O)C(C)(C)OC(C)(C)C1=O. The fourth-order valence-corrected chi connectivity index (χ4v) is 4.03. The first-order valence-electron chi connectivity index (χ1n) is 9.45. The molecule has 0 bridgehead atoms. The lowest BCUT2D eigenvalue weighted by Gasteiger charge is -2.43. The lowest BCUT2D eigenvalue weighted by Crippen LogP contribution is -2.58. The van der Waals surface area contributed by atoms with Crippen LogP contribution < -0.4 is 0 Å². The van der Waals surface area contributed by atoms with E-state index in [4.69, 9.17) is 16.3 Å². The Hall–Kier alpha value is -2.11. The van der Waals surface area contributed by atoms with Gasteiger partial charge in [-0.3, -0.25) is 9.59 Å². The van der Waals surface area contributed by atoms with Gasteiger partial charge in [0.1, 0.15) is 33.8 Å². The van der Waals surface area contributed by atoms with Crippen LogP contribution in [0.2, 0.25) is 5.02 Å². The van der Waals surface area contributed by atoms with Gasteiger partial charge >= 0.3 is 0 Å². The van der Waals surface area contributed by atoms with Gasteiger partial charge in [0.25, 0.3) is 0 Å². The number of benzene rings is 2. The Balaban J connectivity index is 2.20. The zero-order valence-electron chi connectivity index (χ0n) is 17.0. The van der Waals surface area contributed by atoms with Crippen molar-refractivity contribution in [2.24, 2.45) is 0 Å². The smallest absolute Gasteiger partial charge is 0.179 e. The second kappa shape index (κ2) is 7.29. The molecular formula is C23H23ClF2O3. The Morgan fingerprint density at radius 3 is 1.93 bits per heavy atom. The largest absolute Gasteiger partial charge is 0.354 e. The highest BCUT2D eigenvalue weighted by Crippen LogP contribution is 2.41. The Kier molecular flexibility index (Phi) is 5.43. The van der Waals surface area contributed by atoms with Crippen LogP contribution in [0.1, 0.15) is 51.7 Å². The van der Waals surface area contributed by atoms with Crippen molar-refractivity contribution in [3.05, 3.63) is 58.1 Å². The molecule has 0 aromatic heterocycles. The van der Waals surface area contributed by atoms with Gasteiger partial charge in [0.2, 0.25) is 0 Å². The molecule has 1 aliphatic heterocycles. The molecule has 0 unspecified atom stereocenters. The van der Waals surface area contributed by atoms with Crippen LogP contribution in [0.3, 0.4) is 0 Å². The van der Waals surface area contributed by atoms with Crippen molar-refractivity contribution in [3.8, 4) is 11.1 Å². The number of rotatable bonds is 3. The molecule has 29 heavy (non-hydrogen) atoms. The number of carbonyl (C=O) groups excluding carboxylic acids is 2. The van der Waals surface area contributed by atoms with Crippen LogP contribution in [0.5, 0.6) is 0 Å². The number of ketones is 2. The third-order valence-electron chi connectivity index (χ3n) is 5.38. The normalized spacial score (nSPS) is 18.9. The summed E-state index contributed by atoms with van der Waals surface area (Å²) in [5.41, 5.74) is -0.138. The monoisotopic (exact) mass is 420 g/mol. The summed E-state index contributed by atoms with van der Waals surface area (Å²) in [4.78, 5) is 26.3. The highest BCUT2D eigenvalue weighted by molar-refractivity contribution is 6.31. The second-order valence-corrected chi connectivity index (χ2v) is 8.68. The fourth-order valence-electron chi connectivity index (χ4n) is 3.92. The third kappa shape index (κ3) is 3.74. The van der Waals surface area contributed by atoms with E-state index < -0.39 is 33.8 Å². The van der Waals surface area contributed by atoms with Crippen LogP contribution >= 0.6 is 11.6 Å². The summed E-state index contributed by atoms with van der Waals surface area (Å²) < 4.78 is 33.7. The number of carbonyl (C=O) groups is 2. The van der Waals surface area contributed by atoms with Crippen molar-refractivity contribution < 1.29 is 23.1 Å². The quantitative estimate of drug-likeness (QED) is 0.475. The van der Waals surface area contributed by atoms with E-state index in [1.54, 1.807) is 45.9 Å². The maximum absolute atomic E-state index is 14.0. The van der Waals surface area contributed by atoms with Crippen LogP contribution in [0, 0.1) is 11.6 Å². The number of ether oxygens (including phenoxy) is 1. The molecular weight excluding hydrogens is 398 g/mol. The summed E-state index contributed by atoms with van der Waals surface area (Å²) in [7, 11) is 0. The molecule has 2 aromatic rings. The van der Waals surface area contributed by atoms with E-state index in [0.29, 0.717) is 17.5 Å². The van der Waals surface area contributed by atoms with Crippen LogP contribution in [0.4, 0.5) is 8.78 Å². The van der Waals surface area contributed by atoms with Gasteiger partial charge in [0.15, 0.2) is 11.6 Å². The minimum atomic E-state index is -1.14. The van der Waals surface area contributed by atoms with Gasteiger partial charge in [-0.15, -0.1) is 0 Å². The molecule has 0 atom stereocenters. The summed E-state index contributed by atoms with van der Waals surface area (Å²) in [6.45, 7) is 8.52. The van der Waals surface area contributed by atoms with Gasteiger partial charge in [-0.25, -0.2) is 8.78 Å².